The van der Waals surface area contributed by atoms with Crippen LogP contribution in [0.1, 0.15) is 30.0 Å². The van der Waals surface area contributed by atoms with Gasteiger partial charge in [0, 0.05) is 20.0 Å². The fraction of sp³-hybridized carbons (Fsp3) is 0.556. The summed E-state index contributed by atoms with van der Waals surface area (Å²) in [7, 11) is -1.45. The molecule has 0 bridgehead atoms. The molecule has 1 heterocycles. The molecule has 7 heteroatoms. The molecule has 1 fully saturated rings. The number of hydrogen-bond acceptors (Lipinski definition) is 4. The lowest BCUT2D eigenvalue weighted by Gasteiger charge is -2.29. The first kappa shape index (κ1) is 19.4. The van der Waals surface area contributed by atoms with E-state index in [0.717, 1.165) is 22.4 Å². The number of rotatable bonds is 4. The minimum Gasteiger partial charge on any atom is -0.340 e. The Hall–Kier alpha value is -1.89. The predicted octanol–water partition coefficient (Wildman–Crippen LogP) is 1.61. The zero-order chi connectivity index (χ0) is 18.9. The largest absolute Gasteiger partial charge is 0.340 e. The fourth-order valence-corrected chi connectivity index (χ4v) is 5.25. The lowest BCUT2D eigenvalue weighted by molar-refractivity contribution is -0.131. The smallest absolute Gasteiger partial charge is 0.242 e. The number of carbonyl (C=O) groups excluding carboxylic acids is 2. The van der Waals surface area contributed by atoms with Crippen LogP contribution in [0, 0.1) is 20.8 Å². The van der Waals surface area contributed by atoms with Crippen LogP contribution in [-0.4, -0.2) is 56.3 Å². The van der Waals surface area contributed by atoms with Gasteiger partial charge in [0.15, 0.2) is 9.84 Å². The van der Waals surface area contributed by atoms with Gasteiger partial charge in [-0.3, -0.25) is 9.59 Å². The molecule has 2 amide bonds. The Morgan fingerprint density at radius 1 is 1.16 bits per heavy atom. The second-order valence-corrected chi connectivity index (χ2v) is 9.14. The Bertz CT molecular complexity index is 778. The van der Waals surface area contributed by atoms with Crippen molar-refractivity contribution < 1.29 is 18.0 Å². The van der Waals surface area contributed by atoms with Crippen molar-refractivity contribution in [2.75, 3.05) is 30.0 Å². The highest BCUT2D eigenvalue weighted by atomic mass is 32.2. The molecule has 1 unspecified atom stereocenters. The van der Waals surface area contributed by atoms with Crippen molar-refractivity contribution in [2.24, 2.45) is 0 Å². The molecule has 0 saturated carbocycles. The first-order valence-corrected chi connectivity index (χ1v) is 10.2. The van der Waals surface area contributed by atoms with Crippen LogP contribution in [0.2, 0.25) is 0 Å². The summed E-state index contributed by atoms with van der Waals surface area (Å²) in [5.74, 6) is -0.354. The van der Waals surface area contributed by atoms with E-state index in [2.05, 4.69) is 0 Å². The van der Waals surface area contributed by atoms with Crippen molar-refractivity contribution in [1.82, 2.24) is 4.90 Å². The first-order chi connectivity index (χ1) is 11.5. The van der Waals surface area contributed by atoms with Gasteiger partial charge in [0.1, 0.15) is 6.54 Å². The average molecular weight is 366 g/mol. The van der Waals surface area contributed by atoms with Gasteiger partial charge < -0.3 is 9.80 Å². The van der Waals surface area contributed by atoms with E-state index < -0.39 is 9.84 Å². The molecule has 6 nitrogen and oxygen atoms in total. The van der Waals surface area contributed by atoms with Gasteiger partial charge in [0.2, 0.25) is 11.8 Å². The average Bonchev–Trinajstić information content (AvgIpc) is 2.84. The summed E-state index contributed by atoms with van der Waals surface area (Å²) in [5.41, 5.74) is 3.72. The van der Waals surface area contributed by atoms with E-state index in [1.165, 1.54) is 16.7 Å². The first-order valence-electron chi connectivity index (χ1n) is 8.34. The number of benzene rings is 1. The van der Waals surface area contributed by atoms with E-state index in [-0.39, 0.29) is 35.9 Å². The highest BCUT2D eigenvalue weighted by Crippen LogP contribution is 2.27. The summed E-state index contributed by atoms with van der Waals surface area (Å²) >= 11 is 0. The molecular weight excluding hydrogens is 340 g/mol. The zero-order valence-corrected chi connectivity index (χ0v) is 16.3. The van der Waals surface area contributed by atoms with Gasteiger partial charge in [0.05, 0.1) is 17.2 Å². The summed E-state index contributed by atoms with van der Waals surface area (Å²) in [6.07, 6.45) is 0.452. The number of sulfone groups is 1. The maximum Gasteiger partial charge on any atom is 0.242 e. The van der Waals surface area contributed by atoms with Gasteiger partial charge in [-0.15, -0.1) is 0 Å². The highest BCUT2D eigenvalue weighted by Gasteiger charge is 2.33. The molecule has 1 saturated heterocycles. The molecule has 0 spiro atoms. The summed E-state index contributed by atoms with van der Waals surface area (Å²) < 4.78 is 23.3. The summed E-state index contributed by atoms with van der Waals surface area (Å²) in [4.78, 5) is 27.8. The number of amides is 2. The third-order valence-electron chi connectivity index (χ3n) is 4.73. The molecule has 0 radical (unpaired) electrons. The molecule has 1 aromatic rings. The maximum atomic E-state index is 12.7. The molecular formula is C18H26N2O4S. The maximum absolute atomic E-state index is 12.7. The number of carbonyl (C=O) groups is 2. The minimum absolute atomic E-state index is 0.00208. The molecule has 25 heavy (non-hydrogen) atoms. The lowest BCUT2D eigenvalue weighted by atomic mass is 10.0. The third-order valence-corrected chi connectivity index (χ3v) is 6.48. The van der Waals surface area contributed by atoms with Crippen molar-refractivity contribution in [2.45, 2.75) is 40.2 Å². The molecule has 1 aliphatic rings. The molecule has 138 valence electrons. The Kier molecular flexibility index (Phi) is 5.56. The van der Waals surface area contributed by atoms with Crippen LogP contribution in [0.25, 0.3) is 0 Å². The van der Waals surface area contributed by atoms with E-state index in [4.69, 9.17) is 0 Å². The zero-order valence-electron chi connectivity index (χ0n) is 15.5. The molecule has 2 rings (SSSR count). The third kappa shape index (κ3) is 4.39. The van der Waals surface area contributed by atoms with Gasteiger partial charge >= 0.3 is 0 Å². The van der Waals surface area contributed by atoms with Crippen LogP contribution in [0.4, 0.5) is 5.69 Å². The molecule has 0 N–H and O–H groups in total. The van der Waals surface area contributed by atoms with Crippen LogP contribution >= 0.6 is 0 Å². The topological polar surface area (TPSA) is 74.8 Å². The van der Waals surface area contributed by atoms with Gasteiger partial charge in [-0.1, -0.05) is 17.7 Å². The monoisotopic (exact) mass is 366 g/mol. The van der Waals surface area contributed by atoms with Crippen molar-refractivity contribution >= 4 is 27.3 Å². The van der Waals surface area contributed by atoms with Crippen molar-refractivity contribution in [3.05, 3.63) is 28.8 Å². The van der Waals surface area contributed by atoms with Crippen molar-refractivity contribution in [1.29, 1.82) is 0 Å². The van der Waals surface area contributed by atoms with Gasteiger partial charge in [-0.2, -0.15) is 0 Å². The Balaban J connectivity index is 2.23. The quantitative estimate of drug-likeness (QED) is 0.811. The van der Waals surface area contributed by atoms with E-state index in [1.807, 2.05) is 32.9 Å². The molecule has 0 aromatic heterocycles. The van der Waals surface area contributed by atoms with Crippen LogP contribution in [0.5, 0.6) is 0 Å². The van der Waals surface area contributed by atoms with Crippen LogP contribution in [-0.2, 0) is 19.4 Å². The Morgan fingerprint density at radius 2 is 1.72 bits per heavy atom. The highest BCUT2D eigenvalue weighted by molar-refractivity contribution is 7.91. The minimum atomic E-state index is -3.06. The van der Waals surface area contributed by atoms with Crippen LogP contribution < -0.4 is 4.90 Å². The lowest BCUT2D eigenvalue weighted by Crippen LogP contribution is -2.45. The number of nitrogens with zero attached hydrogens (tertiary/aromatic N) is 2. The standard InChI is InChI=1S/C18H26N2O4S/c1-12-8-13(2)18(14(3)9-12)20(15(4)21)10-17(22)19(5)16-6-7-25(23,24)11-16/h8-9,16H,6-7,10-11H2,1-5H3. The fourth-order valence-electron chi connectivity index (χ4n) is 3.48. The molecule has 1 aromatic carbocycles. The molecule has 0 aliphatic carbocycles. The SMILES string of the molecule is CC(=O)N(CC(=O)N(C)C1CCS(=O)(=O)C1)c1c(C)cc(C)cc1C. The second kappa shape index (κ2) is 7.15. The van der Waals surface area contributed by atoms with E-state index in [0.29, 0.717) is 6.42 Å². The normalized spacial score (nSPS) is 18.8. The van der Waals surface area contributed by atoms with E-state index in [9.17, 15) is 18.0 Å². The summed E-state index contributed by atoms with van der Waals surface area (Å²) in [6.45, 7) is 7.17. The van der Waals surface area contributed by atoms with E-state index >= 15 is 0 Å². The summed E-state index contributed by atoms with van der Waals surface area (Å²) in [5, 5.41) is 0. The number of likely N-dealkylation sites (N-methyl/N-ethyl adjacent to an activating group) is 1. The Morgan fingerprint density at radius 3 is 2.16 bits per heavy atom. The van der Waals surface area contributed by atoms with Gasteiger partial charge in [-0.25, -0.2) is 8.42 Å². The predicted molar refractivity (Wildman–Crippen MR) is 98.5 cm³/mol. The number of anilines is 1. The van der Waals surface area contributed by atoms with E-state index in [1.54, 1.807) is 7.05 Å². The second-order valence-electron chi connectivity index (χ2n) is 6.91. The van der Waals surface area contributed by atoms with Crippen LogP contribution in [0.15, 0.2) is 12.1 Å². The van der Waals surface area contributed by atoms with Crippen molar-refractivity contribution in [3.8, 4) is 0 Å². The number of aryl methyl sites for hydroxylation is 3. The summed E-state index contributed by atoms with van der Waals surface area (Å²) in [6, 6.07) is 3.65. The van der Waals surface area contributed by atoms with Gasteiger partial charge in [0.25, 0.3) is 0 Å². The van der Waals surface area contributed by atoms with Gasteiger partial charge in [-0.05, 0) is 38.3 Å². The van der Waals surface area contributed by atoms with Crippen molar-refractivity contribution in [3.63, 3.8) is 0 Å². The Labute approximate surface area is 149 Å². The number of hydrogen-bond donors (Lipinski definition) is 0. The molecule has 1 aliphatic heterocycles. The molecule has 1 atom stereocenters. The van der Waals surface area contributed by atoms with Crippen LogP contribution in [0.3, 0.4) is 0 Å².